The van der Waals surface area contributed by atoms with Crippen molar-refractivity contribution in [3.8, 4) is 5.75 Å². The summed E-state index contributed by atoms with van der Waals surface area (Å²) >= 11 is 0. The van der Waals surface area contributed by atoms with Crippen LogP contribution in [0.5, 0.6) is 5.75 Å². The van der Waals surface area contributed by atoms with Gasteiger partial charge >= 0.3 is 0 Å². The van der Waals surface area contributed by atoms with Crippen molar-refractivity contribution in [1.82, 2.24) is 20.2 Å². The molecule has 43 heavy (non-hydrogen) atoms. The number of piperidine rings is 1. The summed E-state index contributed by atoms with van der Waals surface area (Å²) in [6.07, 6.45) is 8.70. The molecule has 1 amide bonds. The second-order valence-corrected chi connectivity index (χ2v) is 12.2. The number of pyridine rings is 1. The number of benzene rings is 1. The first-order valence-corrected chi connectivity index (χ1v) is 15.8. The molecule has 1 aromatic carbocycles. The predicted octanol–water partition coefficient (Wildman–Crippen LogP) is 4.37. The van der Waals surface area contributed by atoms with Crippen LogP contribution in [-0.2, 0) is 19.6 Å². The summed E-state index contributed by atoms with van der Waals surface area (Å²) in [6, 6.07) is 8.31. The number of rotatable bonds is 11. The topological polar surface area (TPSA) is 116 Å². The highest BCUT2D eigenvalue weighted by Gasteiger charge is 2.24. The number of fused-ring (bicyclic) bond motifs is 1. The van der Waals surface area contributed by atoms with Crippen LogP contribution < -0.4 is 20.3 Å². The molecule has 3 N–H and O–H groups in total. The average molecular weight is 589 g/mol. The molecule has 6 rings (SSSR count). The summed E-state index contributed by atoms with van der Waals surface area (Å²) in [5.41, 5.74) is 5.13. The second-order valence-electron chi connectivity index (χ2n) is 12.2. The highest BCUT2D eigenvalue weighted by atomic mass is 16.5. The number of carbonyl (C=O) groups is 1. The number of aryl methyl sites for hydroxylation is 1. The molecule has 0 spiro atoms. The first kappa shape index (κ1) is 29.4. The quantitative estimate of drug-likeness (QED) is 0.300. The normalized spacial score (nSPS) is 18.1. The summed E-state index contributed by atoms with van der Waals surface area (Å²) in [5.74, 6) is 3.04. The molecule has 10 heteroatoms. The van der Waals surface area contributed by atoms with E-state index >= 15 is 0 Å². The van der Waals surface area contributed by atoms with E-state index in [1.165, 1.54) is 30.4 Å². The van der Waals surface area contributed by atoms with E-state index < -0.39 is 6.10 Å². The number of aliphatic hydroxyl groups is 1. The lowest BCUT2D eigenvalue weighted by Gasteiger charge is -2.32. The number of amides is 1. The van der Waals surface area contributed by atoms with Gasteiger partial charge in [0.2, 0.25) is 0 Å². The number of ether oxygens (including phenoxy) is 1. The third-order valence-electron chi connectivity index (χ3n) is 9.10. The molecular formula is C33H44N6O4. The van der Waals surface area contributed by atoms with Gasteiger partial charge in [0, 0.05) is 50.9 Å². The number of carbonyl (C=O) groups excluding carboxylic acids is 1. The Morgan fingerprint density at radius 3 is 2.72 bits per heavy atom. The summed E-state index contributed by atoms with van der Waals surface area (Å²) in [6.45, 7) is 8.58. The van der Waals surface area contributed by atoms with E-state index in [0.29, 0.717) is 24.8 Å². The molecule has 1 saturated heterocycles. The van der Waals surface area contributed by atoms with Crippen LogP contribution in [-0.4, -0.2) is 70.8 Å². The van der Waals surface area contributed by atoms with Gasteiger partial charge in [0.05, 0.1) is 11.8 Å². The van der Waals surface area contributed by atoms with Crippen LogP contribution in [0.4, 0.5) is 11.6 Å². The number of nitrogens with zero attached hydrogens (tertiary/aromatic N) is 4. The Balaban J connectivity index is 1.03. The lowest BCUT2D eigenvalue weighted by molar-refractivity contribution is 0.0841. The number of aliphatic hydroxyl groups excluding tert-OH is 1. The van der Waals surface area contributed by atoms with Crippen LogP contribution in [0.2, 0.25) is 0 Å². The monoisotopic (exact) mass is 588 g/mol. The molecule has 1 aliphatic carbocycles. The molecule has 2 fully saturated rings. The molecule has 1 unspecified atom stereocenters. The number of hydrogen-bond donors (Lipinski definition) is 3. The molecular weight excluding hydrogens is 544 g/mol. The molecule has 10 nitrogen and oxygen atoms in total. The Bertz CT molecular complexity index is 1410. The van der Waals surface area contributed by atoms with Gasteiger partial charge < -0.3 is 29.8 Å². The van der Waals surface area contributed by atoms with Gasteiger partial charge in [0.25, 0.3) is 5.91 Å². The Labute approximate surface area is 253 Å². The molecule has 0 bridgehead atoms. The van der Waals surface area contributed by atoms with Gasteiger partial charge in [0.1, 0.15) is 24.0 Å². The van der Waals surface area contributed by atoms with Crippen molar-refractivity contribution in [2.75, 3.05) is 42.9 Å². The van der Waals surface area contributed by atoms with E-state index in [-0.39, 0.29) is 12.5 Å². The number of anilines is 2. The number of hydrogen-bond acceptors (Lipinski definition) is 9. The van der Waals surface area contributed by atoms with Crippen molar-refractivity contribution in [2.45, 2.75) is 84.1 Å². The molecule has 3 aromatic rings. The fraction of sp³-hybridized carbons (Fsp3) is 0.545. The SMILES string of the molecule is Cc1ncoc1COc1ccc2c(c1C)CCN(CC(O)CNC(=O)c1cc(NC3CCC3)nc(N3CCCCC3)c1)C2. The zero-order chi connectivity index (χ0) is 29.8. The minimum atomic E-state index is -0.671. The minimum Gasteiger partial charge on any atom is -0.485 e. The standard InChI is InChI=1S/C33H44N6O4/c1-22-28-11-14-38(18-24(28)9-10-29(22)42-20-30-23(2)35-21-43-30)19-27(40)17-34-33(41)25-15-31(36-26-7-6-8-26)37-32(16-25)39-12-4-3-5-13-39/h9-10,15-16,21,26-27,40H,3-8,11-14,17-20H2,1-2H3,(H,34,41)(H,36,37). The third-order valence-corrected chi connectivity index (χ3v) is 9.10. The number of β-amino-alcohol motifs (C(OH)–C–C–N with tert-alkyl or cyclic N) is 1. The van der Waals surface area contributed by atoms with Gasteiger partial charge in [-0.2, -0.15) is 0 Å². The number of nitrogens with one attached hydrogen (secondary N) is 2. The maximum absolute atomic E-state index is 13.2. The maximum Gasteiger partial charge on any atom is 0.251 e. The number of oxazole rings is 1. The molecule has 3 aliphatic rings. The highest BCUT2D eigenvalue weighted by Crippen LogP contribution is 2.30. The van der Waals surface area contributed by atoms with Crippen molar-refractivity contribution in [2.24, 2.45) is 0 Å². The van der Waals surface area contributed by atoms with Crippen LogP contribution in [0.1, 0.15) is 77.0 Å². The van der Waals surface area contributed by atoms with E-state index in [1.807, 2.05) is 25.1 Å². The predicted molar refractivity (Wildman–Crippen MR) is 166 cm³/mol. The van der Waals surface area contributed by atoms with Crippen molar-refractivity contribution in [3.05, 3.63) is 64.4 Å². The van der Waals surface area contributed by atoms with Crippen LogP contribution in [0, 0.1) is 13.8 Å². The smallest absolute Gasteiger partial charge is 0.251 e. The van der Waals surface area contributed by atoms with E-state index in [9.17, 15) is 9.90 Å². The van der Waals surface area contributed by atoms with Gasteiger partial charge in [-0.1, -0.05) is 6.07 Å². The van der Waals surface area contributed by atoms with Gasteiger partial charge in [-0.25, -0.2) is 9.97 Å². The first-order chi connectivity index (χ1) is 20.9. The van der Waals surface area contributed by atoms with Crippen LogP contribution in [0.15, 0.2) is 35.1 Å². The zero-order valence-electron chi connectivity index (χ0n) is 25.4. The molecule has 1 atom stereocenters. The second kappa shape index (κ2) is 13.3. The minimum absolute atomic E-state index is 0.177. The Morgan fingerprint density at radius 1 is 1.14 bits per heavy atom. The Morgan fingerprint density at radius 2 is 1.98 bits per heavy atom. The van der Waals surface area contributed by atoms with Gasteiger partial charge in [0.15, 0.2) is 12.2 Å². The maximum atomic E-state index is 13.2. The molecule has 2 aromatic heterocycles. The summed E-state index contributed by atoms with van der Waals surface area (Å²) in [7, 11) is 0. The fourth-order valence-corrected chi connectivity index (χ4v) is 6.24. The Hall–Kier alpha value is -3.63. The van der Waals surface area contributed by atoms with Crippen molar-refractivity contribution < 1.29 is 19.1 Å². The largest absolute Gasteiger partial charge is 0.485 e. The average Bonchev–Trinajstić information content (AvgIpc) is 3.42. The van der Waals surface area contributed by atoms with E-state index in [2.05, 4.69) is 38.4 Å². The summed E-state index contributed by atoms with van der Waals surface area (Å²) in [5, 5.41) is 17.4. The van der Waals surface area contributed by atoms with Crippen molar-refractivity contribution in [3.63, 3.8) is 0 Å². The fourth-order valence-electron chi connectivity index (χ4n) is 6.24. The zero-order valence-corrected chi connectivity index (χ0v) is 25.4. The van der Waals surface area contributed by atoms with Gasteiger partial charge in [-0.15, -0.1) is 0 Å². The van der Waals surface area contributed by atoms with Crippen molar-refractivity contribution in [1.29, 1.82) is 0 Å². The molecule has 0 radical (unpaired) electrons. The van der Waals surface area contributed by atoms with Gasteiger partial charge in [-0.3, -0.25) is 9.69 Å². The molecule has 230 valence electrons. The molecule has 1 saturated carbocycles. The Kier molecular flexibility index (Phi) is 9.14. The number of aromatic nitrogens is 2. The molecule has 4 heterocycles. The van der Waals surface area contributed by atoms with Gasteiger partial charge in [-0.05, 0) is 93.7 Å². The van der Waals surface area contributed by atoms with E-state index in [1.54, 1.807) is 0 Å². The van der Waals surface area contributed by atoms with E-state index in [4.69, 9.17) is 14.1 Å². The third kappa shape index (κ3) is 7.13. The summed E-state index contributed by atoms with van der Waals surface area (Å²) < 4.78 is 11.5. The first-order valence-electron chi connectivity index (χ1n) is 15.8. The summed E-state index contributed by atoms with van der Waals surface area (Å²) in [4.78, 5) is 26.8. The van der Waals surface area contributed by atoms with Crippen molar-refractivity contribution >= 4 is 17.5 Å². The van der Waals surface area contributed by atoms with Crippen LogP contribution in [0.3, 0.4) is 0 Å². The van der Waals surface area contributed by atoms with Crippen LogP contribution in [0.25, 0.3) is 0 Å². The highest BCUT2D eigenvalue weighted by molar-refractivity contribution is 5.95. The lowest BCUT2D eigenvalue weighted by atomic mass is 9.93. The van der Waals surface area contributed by atoms with Crippen LogP contribution >= 0.6 is 0 Å². The van der Waals surface area contributed by atoms with E-state index in [0.717, 1.165) is 92.7 Å². The molecule has 2 aliphatic heterocycles. The lowest BCUT2D eigenvalue weighted by Crippen LogP contribution is -2.42.